The van der Waals surface area contributed by atoms with Crippen molar-refractivity contribution in [1.82, 2.24) is 34.4 Å². The number of carbonyl (C=O) groups excluding carboxylic acids is 1. The lowest BCUT2D eigenvalue weighted by Crippen LogP contribution is -2.39. The predicted octanol–water partition coefficient (Wildman–Crippen LogP) is 1.99. The number of hydrogen-bond acceptors (Lipinski definition) is 5. The van der Waals surface area contributed by atoms with Crippen LogP contribution in [0.25, 0.3) is 5.78 Å². The topological polar surface area (TPSA) is 92.1 Å². The van der Waals surface area contributed by atoms with Crippen molar-refractivity contribution in [3.05, 3.63) is 42.0 Å². The molecule has 0 aliphatic carbocycles. The number of H-pyrrole nitrogens is 1. The van der Waals surface area contributed by atoms with Crippen molar-refractivity contribution in [1.29, 1.82) is 0 Å². The lowest BCUT2D eigenvalue weighted by atomic mass is 9.97. The Kier molecular flexibility index (Phi) is 3.95. The molecule has 1 saturated heterocycles. The van der Waals surface area contributed by atoms with E-state index in [1.807, 2.05) is 17.2 Å². The molecule has 1 atom stereocenters. The molecular formula is C17H21N7O. The van der Waals surface area contributed by atoms with Gasteiger partial charge in [0.05, 0.1) is 5.69 Å². The Labute approximate surface area is 145 Å². The number of fused-ring (bicyclic) bond motifs is 1. The van der Waals surface area contributed by atoms with E-state index in [1.165, 1.54) is 6.33 Å². The number of aromatic nitrogens is 6. The van der Waals surface area contributed by atoms with Gasteiger partial charge in [0.15, 0.2) is 0 Å². The van der Waals surface area contributed by atoms with E-state index in [2.05, 4.69) is 38.9 Å². The molecule has 1 aliphatic heterocycles. The van der Waals surface area contributed by atoms with Gasteiger partial charge in [-0.15, -0.1) is 0 Å². The van der Waals surface area contributed by atoms with Crippen molar-refractivity contribution in [3.63, 3.8) is 0 Å². The summed E-state index contributed by atoms with van der Waals surface area (Å²) < 4.78 is 1.70. The van der Waals surface area contributed by atoms with Gasteiger partial charge < -0.3 is 9.88 Å². The monoisotopic (exact) mass is 339 g/mol. The molecule has 0 radical (unpaired) electrons. The Balaban J connectivity index is 1.63. The van der Waals surface area contributed by atoms with Gasteiger partial charge in [0, 0.05) is 31.4 Å². The summed E-state index contributed by atoms with van der Waals surface area (Å²) in [5.74, 6) is 1.82. The SMILES string of the molecule is CC(C)c1cc(C(=O)N2CCCC(c3ncc[nH]3)C2)nc2ncnn12. The average molecular weight is 339 g/mol. The first-order valence-electron chi connectivity index (χ1n) is 8.62. The van der Waals surface area contributed by atoms with Crippen molar-refractivity contribution in [2.45, 2.75) is 38.5 Å². The summed E-state index contributed by atoms with van der Waals surface area (Å²) in [6, 6.07) is 1.84. The van der Waals surface area contributed by atoms with E-state index in [0.717, 1.165) is 30.9 Å². The second-order valence-electron chi connectivity index (χ2n) is 6.76. The molecule has 0 bridgehead atoms. The molecule has 4 heterocycles. The summed E-state index contributed by atoms with van der Waals surface area (Å²) in [6.07, 6.45) is 7.04. The maximum Gasteiger partial charge on any atom is 0.272 e. The minimum Gasteiger partial charge on any atom is -0.348 e. The number of likely N-dealkylation sites (tertiary alicyclic amines) is 1. The Morgan fingerprint density at radius 2 is 2.24 bits per heavy atom. The van der Waals surface area contributed by atoms with Crippen LogP contribution in [-0.2, 0) is 0 Å². The molecule has 3 aromatic rings. The Morgan fingerprint density at radius 3 is 3.00 bits per heavy atom. The fraction of sp³-hybridized carbons (Fsp3) is 0.471. The molecular weight excluding hydrogens is 318 g/mol. The molecule has 1 fully saturated rings. The number of nitrogens with one attached hydrogen (secondary N) is 1. The van der Waals surface area contributed by atoms with Crippen LogP contribution in [0.2, 0.25) is 0 Å². The Hall–Kier alpha value is -2.77. The standard InChI is InChI=1S/C17H21N7O/c1-11(2)14-8-13(22-17-20-10-21-24(14)17)16(25)23-7-3-4-12(9-23)15-18-5-6-19-15/h5-6,8,10-12H,3-4,7,9H2,1-2H3,(H,18,19). The zero-order valence-corrected chi connectivity index (χ0v) is 14.4. The van der Waals surface area contributed by atoms with Crippen LogP contribution in [0.3, 0.4) is 0 Å². The lowest BCUT2D eigenvalue weighted by molar-refractivity contribution is 0.0698. The molecule has 8 heteroatoms. The average Bonchev–Trinajstić information content (AvgIpc) is 3.31. The number of imidazole rings is 1. The number of carbonyl (C=O) groups is 1. The maximum absolute atomic E-state index is 13.0. The zero-order valence-electron chi connectivity index (χ0n) is 14.4. The summed E-state index contributed by atoms with van der Waals surface area (Å²) in [5.41, 5.74) is 1.37. The van der Waals surface area contributed by atoms with E-state index in [4.69, 9.17) is 0 Å². The van der Waals surface area contributed by atoms with Crippen molar-refractivity contribution in [3.8, 4) is 0 Å². The molecule has 0 saturated carbocycles. The van der Waals surface area contributed by atoms with Crippen LogP contribution in [0.1, 0.15) is 60.5 Å². The predicted molar refractivity (Wildman–Crippen MR) is 91.3 cm³/mol. The molecule has 1 amide bonds. The molecule has 130 valence electrons. The van der Waals surface area contributed by atoms with Gasteiger partial charge in [-0.3, -0.25) is 4.79 Å². The van der Waals surface area contributed by atoms with E-state index in [-0.39, 0.29) is 17.7 Å². The molecule has 0 spiro atoms. The van der Waals surface area contributed by atoms with E-state index in [0.29, 0.717) is 18.0 Å². The summed E-state index contributed by atoms with van der Waals surface area (Å²) >= 11 is 0. The number of rotatable bonds is 3. The highest BCUT2D eigenvalue weighted by Crippen LogP contribution is 2.25. The summed E-state index contributed by atoms with van der Waals surface area (Å²) in [4.78, 5) is 31.0. The fourth-order valence-corrected chi connectivity index (χ4v) is 3.40. The smallest absolute Gasteiger partial charge is 0.272 e. The molecule has 8 nitrogen and oxygen atoms in total. The van der Waals surface area contributed by atoms with Crippen molar-refractivity contribution in [2.75, 3.05) is 13.1 Å². The van der Waals surface area contributed by atoms with Crippen LogP contribution in [0, 0.1) is 0 Å². The van der Waals surface area contributed by atoms with Crippen LogP contribution in [-0.4, -0.2) is 53.4 Å². The third kappa shape index (κ3) is 2.88. The number of piperidine rings is 1. The number of nitrogens with zero attached hydrogens (tertiary/aromatic N) is 6. The van der Waals surface area contributed by atoms with Gasteiger partial charge in [-0.2, -0.15) is 10.1 Å². The van der Waals surface area contributed by atoms with E-state index < -0.39 is 0 Å². The van der Waals surface area contributed by atoms with Gasteiger partial charge >= 0.3 is 0 Å². The highest BCUT2D eigenvalue weighted by Gasteiger charge is 2.28. The van der Waals surface area contributed by atoms with Crippen LogP contribution in [0.15, 0.2) is 24.8 Å². The quantitative estimate of drug-likeness (QED) is 0.788. The van der Waals surface area contributed by atoms with Gasteiger partial charge in [0.2, 0.25) is 0 Å². The highest BCUT2D eigenvalue weighted by atomic mass is 16.2. The minimum atomic E-state index is -0.0522. The number of amides is 1. The normalized spacial score (nSPS) is 18.2. The summed E-state index contributed by atoms with van der Waals surface area (Å²) in [5, 5.41) is 4.20. The lowest BCUT2D eigenvalue weighted by Gasteiger charge is -2.31. The molecule has 1 aliphatic rings. The summed E-state index contributed by atoms with van der Waals surface area (Å²) in [7, 11) is 0. The van der Waals surface area contributed by atoms with Crippen LogP contribution in [0.5, 0.6) is 0 Å². The van der Waals surface area contributed by atoms with Crippen LogP contribution >= 0.6 is 0 Å². The van der Waals surface area contributed by atoms with E-state index in [1.54, 1.807) is 10.7 Å². The second kappa shape index (κ2) is 6.27. The zero-order chi connectivity index (χ0) is 17.4. The van der Waals surface area contributed by atoms with Crippen LogP contribution < -0.4 is 0 Å². The van der Waals surface area contributed by atoms with Gasteiger partial charge in [-0.25, -0.2) is 14.5 Å². The number of hydrogen-bond donors (Lipinski definition) is 1. The third-order valence-electron chi connectivity index (χ3n) is 4.70. The molecule has 1 N–H and O–H groups in total. The molecule has 4 rings (SSSR count). The minimum absolute atomic E-state index is 0.0522. The van der Waals surface area contributed by atoms with Gasteiger partial charge in [-0.1, -0.05) is 13.8 Å². The van der Waals surface area contributed by atoms with E-state index >= 15 is 0 Å². The maximum atomic E-state index is 13.0. The first-order valence-corrected chi connectivity index (χ1v) is 8.62. The molecule has 1 unspecified atom stereocenters. The molecule has 3 aromatic heterocycles. The van der Waals surface area contributed by atoms with Crippen molar-refractivity contribution >= 4 is 11.7 Å². The van der Waals surface area contributed by atoms with Crippen LogP contribution in [0.4, 0.5) is 0 Å². The van der Waals surface area contributed by atoms with Crippen molar-refractivity contribution < 1.29 is 4.79 Å². The van der Waals surface area contributed by atoms with Gasteiger partial charge in [0.25, 0.3) is 11.7 Å². The van der Waals surface area contributed by atoms with Gasteiger partial charge in [0.1, 0.15) is 17.8 Å². The molecule has 25 heavy (non-hydrogen) atoms. The second-order valence-corrected chi connectivity index (χ2v) is 6.76. The van der Waals surface area contributed by atoms with Gasteiger partial charge in [-0.05, 0) is 24.8 Å². The molecule has 0 aromatic carbocycles. The summed E-state index contributed by atoms with van der Waals surface area (Å²) in [6.45, 7) is 5.53. The fourth-order valence-electron chi connectivity index (χ4n) is 3.40. The van der Waals surface area contributed by atoms with E-state index in [9.17, 15) is 4.79 Å². The number of aromatic amines is 1. The first-order chi connectivity index (χ1) is 12.1. The van der Waals surface area contributed by atoms with Crippen molar-refractivity contribution in [2.24, 2.45) is 0 Å². The third-order valence-corrected chi connectivity index (χ3v) is 4.70. The first kappa shape index (κ1) is 15.7. The highest BCUT2D eigenvalue weighted by molar-refractivity contribution is 5.93. The Morgan fingerprint density at radius 1 is 1.36 bits per heavy atom. The Bertz CT molecular complexity index is 884. The largest absolute Gasteiger partial charge is 0.348 e.